The molecule has 0 bridgehead atoms. The van der Waals surface area contributed by atoms with E-state index in [1.165, 1.54) is 0 Å². The van der Waals surface area contributed by atoms with Crippen molar-refractivity contribution in [1.82, 2.24) is 19.7 Å². The molecule has 0 aliphatic carbocycles. The number of hydrogen-bond donors (Lipinski definition) is 1. The zero-order chi connectivity index (χ0) is 21.1. The molecule has 1 amide bonds. The quantitative estimate of drug-likeness (QED) is 0.544. The third-order valence-corrected chi connectivity index (χ3v) is 5.87. The van der Waals surface area contributed by atoms with E-state index < -0.39 is 0 Å². The van der Waals surface area contributed by atoms with E-state index in [9.17, 15) is 4.79 Å². The summed E-state index contributed by atoms with van der Waals surface area (Å²) >= 11 is 11.4. The van der Waals surface area contributed by atoms with Crippen LogP contribution < -0.4 is 4.74 Å². The van der Waals surface area contributed by atoms with Gasteiger partial charge in [0.25, 0.3) is 0 Å². The number of carbonyl (C=O) groups excluding carboxylic acids is 1. The Balaban J connectivity index is 1.54. The third-order valence-electron chi connectivity index (χ3n) is 5.30. The van der Waals surface area contributed by atoms with Crippen molar-refractivity contribution < 1.29 is 9.53 Å². The van der Waals surface area contributed by atoms with Gasteiger partial charge in [-0.2, -0.15) is 5.10 Å². The lowest BCUT2D eigenvalue weighted by molar-refractivity contribution is -0.132. The minimum atomic E-state index is 0.0269. The minimum Gasteiger partial charge on any atom is -0.494 e. The summed E-state index contributed by atoms with van der Waals surface area (Å²) in [6, 6.07) is 15.4. The van der Waals surface area contributed by atoms with Crippen LogP contribution in [-0.2, 0) is 11.3 Å². The highest BCUT2D eigenvalue weighted by molar-refractivity contribution is 7.71. The molecule has 8 heteroatoms. The van der Waals surface area contributed by atoms with Crippen LogP contribution in [0.15, 0.2) is 48.5 Å². The predicted molar refractivity (Wildman–Crippen MR) is 119 cm³/mol. The van der Waals surface area contributed by atoms with E-state index in [-0.39, 0.29) is 18.5 Å². The summed E-state index contributed by atoms with van der Waals surface area (Å²) in [7, 11) is 0. The summed E-state index contributed by atoms with van der Waals surface area (Å²) in [6.07, 6.45) is 1.92. The summed E-state index contributed by atoms with van der Waals surface area (Å²) in [5.41, 5.74) is 1.97. The molecule has 6 nitrogen and oxygen atoms in total. The number of rotatable bonds is 6. The molecule has 0 spiro atoms. The first-order valence-corrected chi connectivity index (χ1v) is 10.8. The number of benzene rings is 2. The second kappa shape index (κ2) is 9.02. The van der Waals surface area contributed by atoms with Gasteiger partial charge in [0.15, 0.2) is 10.6 Å². The fraction of sp³-hybridized carbons (Fsp3) is 0.318. The maximum absolute atomic E-state index is 13.2. The van der Waals surface area contributed by atoms with Gasteiger partial charge in [-0.25, -0.2) is 0 Å². The summed E-state index contributed by atoms with van der Waals surface area (Å²) in [6.45, 7) is 3.47. The number of nitrogens with one attached hydrogen (secondary N) is 1. The Morgan fingerprint density at radius 2 is 1.97 bits per heavy atom. The normalized spacial score (nSPS) is 16.1. The van der Waals surface area contributed by atoms with Crippen LogP contribution in [0, 0.1) is 4.77 Å². The molecule has 2 heterocycles. The largest absolute Gasteiger partial charge is 0.494 e. The van der Waals surface area contributed by atoms with Crippen molar-refractivity contribution in [2.45, 2.75) is 32.4 Å². The van der Waals surface area contributed by atoms with Crippen LogP contribution in [0.1, 0.15) is 31.4 Å². The maximum atomic E-state index is 13.2. The summed E-state index contributed by atoms with van der Waals surface area (Å²) < 4.78 is 7.70. The van der Waals surface area contributed by atoms with E-state index in [4.69, 9.17) is 28.6 Å². The topological polar surface area (TPSA) is 63.1 Å². The SMILES string of the molecule is CCOc1ccc([C@@H]2CCCN2C(=O)Cn2c(-c3ccc(Cl)cc3)n[nH]c2=S)cc1. The molecule has 1 saturated heterocycles. The third kappa shape index (κ3) is 4.27. The van der Waals surface area contributed by atoms with Crippen molar-refractivity contribution in [1.29, 1.82) is 0 Å². The highest BCUT2D eigenvalue weighted by atomic mass is 35.5. The van der Waals surface area contributed by atoms with E-state index in [0.29, 0.717) is 22.2 Å². The van der Waals surface area contributed by atoms with Crippen LogP contribution in [0.3, 0.4) is 0 Å². The first-order chi connectivity index (χ1) is 14.6. The smallest absolute Gasteiger partial charge is 0.243 e. The van der Waals surface area contributed by atoms with Gasteiger partial charge in [-0.05, 0) is 73.9 Å². The second-order valence-corrected chi connectivity index (χ2v) is 8.02. The Morgan fingerprint density at radius 1 is 1.23 bits per heavy atom. The van der Waals surface area contributed by atoms with Crippen LogP contribution in [0.25, 0.3) is 11.4 Å². The van der Waals surface area contributed by atoms with Crippen molar-refractivity contribution in [2.24, 2.45) is 0 Å². The number of nitrogens with zero attached hydrogens (tertiary/aromatic N) is 3. The van der Waals surface area contributed by atoms with Crippen LogP contribution in [0.2, 0.25) is 5.02 Å². The van der Waals surface area contributed by atoms with E-state index in [2.05, 4.69) is 10.2 Å². The maximum Gasteiger partial charge on any atom is 0.243 e. The van der Waals surface area contributed by atoms with Crippen LogP contribution in [0.5, 0.6) is 5.75 Å². The van der Waals surface area contributed by atoms with Gasteiger partial charge in [-0.1, -0.05) is 23.7 Å². The highest BCUT2D eigenvalue weighted by Gasteiger charge is 2.30. The summed E-state index contributed by atoms with van der Waals surface area (Å²) in [5, 5.41) is 7.77. The van der Waals surface area contributed by atoms with Crippen LogP contribution in [-0.4, -0.2) is 38.7 Å². The number of likely N-dealkylation sites (tertiary alicyclic amines) is 1. The molecule has 0 saturated carbocycles. The van der Waals surface area contributed by atoms with E-state index in [1.54, 1.807) is 16.7 Å². The molecule has 2 aromatic carbocycles. The average Bonchev–Trinajstić information content (AvgIpc) is 3.37. The van der Waals surface area contributed by atoms with Gasteiger partial charge < -0.3 is 9.64 Å². The lowest BCUT2D eigenvalue weighted by atomic mass is 10.0. The molecule has 1 aliphatic heterocycles. The van der Waals surface area contributed by atoms with E-state index >= 15 is 0 Å². The Labute approximate surface area is 185 Å². The Bertz CT molecular complexity index is 1080. The zero-order valence-corrected chi connectivity index (χ0v) is 18.2. The van der Waals surface area contributed by atoms with Gasteiger partial charge >= 0.3 is 0 Å². The van der Waals surface area contributed by atoms with Gasteiger partial charge in [-0.3, -0.25) is 14.5 Å². The van der Waals surface area contributed by atoms with E-state index in [0.717, 1.165) is 36.3 Å². The molecule has 156 valence electrons. The van der Waals surface area contributed by atoms with E-state index in [1.807, 2.05) is 48.2 Å². The molecular weight excluding hydrogens is 420 g/mol. The number of amides is 1. The average molecular weight is 443 g/mol. The first kappa shape index (κ1) is 20.6. The zero-order valence-electron chi connectivity index (χ0n) is 16.7. The van der Waals surface area contributed by atoms with Gasteiger partial charge in [0.05, 0.1) is 12.6 Å². The molecular formula is C22H23ClN4O2S. The van der Waals surface area contributed by atoms with Gasteiger partial charge in [0, 0.05) is 17.1 Å². The number of aromatic amines is 1. The molecule has 0 radical (unpaired) electrons. The van der Waals surface area contributed by atoms with Crippen molar-refractivity contribution in [2.75, 3.05) is 13.2 Å². The molecule has 1 N–H and O–H groups in total. The molecule has 1 atom stereocenters. The van der Waals surface area contributed by atoms with Crippen molar-refractivity contribution in [3.05, 3.63) is 63.9 Å². The lowest BCUT2D eigenvalue weighted by Gasteiger charge is -2.25. The van der Waals surface area contributed by atoms with Gasteiger partial charge in [-0.15, -0.1) is 0 Å². The monoisotopic (exact) mass is 442 g/mol. The Hall–Kier alpha value is -2.64. The van der Waals surface area contributed by atoms with Crippen molar-refractivity contribution in [3.8, 4) is 17.1 Å². The Kier molecular flexibility index (Phi) is 6.20. The summed E-state index contributed by atoms with van der Waals surface area (Å²) in [4.78, 5) is 15.2. The summed E-state index contributed by atoms with van der Waals surface area (Å²) in [5.74, 6) is 1.50. The molecule has 1 aromatic heterocycles. The molecule has 3 aromatic rings. The lowest BCUT2D eigenvalue weighted by Crippen LogP contribution is -2.33. The molecule has 0 unspecified atom stereocenters. The number of ether oxygens (including phenoxy) is 1. The molecule has 1 fully saturated rings. The fourth-order valence-corrected chi connectivity index (χ4v) is 4.20. The number of hydrogen-bond acceptors (Lipinski definition) is 4. The first-order valence-electron chi connectivity index (χ1n) is 10.00. The van der Waals surface area contributed by atoms with Crippen LogP contribution in [0.4, 0.5) is 0 Å². The highest BCUT2D eigenvalue weighted by Crippen LogP contribution is 2.33. The van der Waals surface area contributed by atoms with Gasteiger partial charge in [0.1, 0.15) is 12.3 Å². The fourth-order valence-electron chi connectivity index (χ4n) is 3.87. The minimum absolute atomic E-state index is 0.0269. The van der Waals surface area contributed by atoms with Gasteiger partial charge in [0.2, 0.25) is 5.91 Å². The molecule has 4 rings (SSSR count). The van der Waals surface area contributed by atoms with Crippen molar-refractivity contribution in [3.63, 3.8) is 0 Å². The molecule has 1 aliphatic rings. The van der Waals surface area contributed by atoms with Crippen molar-refractivity contribution >= 4 is 29.7 Å². The van der Waals surface area contributed by atoms with Crippen LogP contribution >= 0.6 is 23.8 Å². The number of halogens is 1. The molecule has 30 heavy (non-hydrogen) atoms. The second-order valence-electron chi connectivity index (χ2n) is 7.19. The Morgan fingerprint density at radius 3 is 2.67 bits per heavy atom. The predicted octanol–water partition coefficient (Wildman–Crippen LogP) is 5.02. The number of H-pyrrole nitrogens is 1. The number of carbonyl (C=O) groups is 1. The standard InChI is InChI=1S/C22H23ClN4O2S/c1-2-29-18-11-7-15(8-12-18)19-4-3-13-26(19)20(28)14-27-21(24-25-22(27)30)16-5-9-17(23)10-6-16/h5-12,19H,2-4,13-14H2,1H3,(H,25,30)/t19-/m0/s1. The number of aromatic nitrogens is 3.